The van der Waals surface area contributed by atoms with E-state index in [1.807, 2.05) is 121 Å². The Labute approximate surface area is 787 Å². The fourth-order valence-electron chi connectivity index (χ4n) is 14.8. The summed E-state index contributed by atoms with van der Waals surface area (Å²) in [5, 5.41) is 0. The van der Waals surface area contributed by atoms with Crippen LogP contribution < -0.4 is 52.4 Å². The number of esters is 5. The zero-order valence-electron chi connectivity index (χ0n) is 76.6. The smallest absolute Gasteiger partial charge is 0.343 e. The maximum atomic E-state index is 13.0. The first-order chi connectivity index (χ1) is 66.2. The second-order valence-electron chi connectivity index (χ2n) is 33.3. The largest absolute Gasteiger partial charge is 0.494 e. The molecule has 710 valence electrons. The lowest BCUT2D eigenvalue weighted by molar-refractivity contribution is -0.217. The number of hydrogen-bond donors (Lipinski definition) is 0. The zero-order valence-corrected chi connectivity index (χ0v) is 76.6. The topological polar surface area (TPSA) is 292 Å². The Morgan fingerprint density at radius 2 is 0.556 bits per heavy atom. The van der Waals surface area contributed by atoms with Gasteiger partial charge in [-0.1, -0.05) is 75.5 Å². The maximum absolute atomic E-state index is 13.0. The van der Waals surface area contributed by atoms with Crippen molar-refractivity contribution in [1.29, 1.82) is 0 Å². The molecule has 4 aliphatic heterocycles. The van der Waals surface area contributed by atoms with Crippen LogP contribution >= 0.6 is 0 Å². The Morgan fingerprint density at radius 1 is 0.296 bits per heavy atom. The molecule has 0 saturated carbocycles. The highest BCUT2D eigenvalue weighted by Crippen LogP contribution is 2.49. The standard InChI is InChI=1S/C46H50O10.C42H46O10.C21H22O6/c1-4-44(47)52-28-12-8-6-10-26-50-36-18-14-34(15-19-36)32-54-56-39-23-25-41-40-24-22-38(30-42(40)33(3)43(41)31-39)55-46(49)35-16-20-37(21-17-35)51-27-11-7-9-13-29-53-45(48)5-2;1-29-40-22-34(51-42(43)31-8-12-33(13-9-31)47-21-5-3-19-45-26-37-28-49-37)14-16-38(40)39-17-15-35(23-41(29)39)52-50-24-30-6-10-32(11-7-30)46-20-4-2-18-44-25-36-27-48-36;22-21(15-1-3-16(4-2-15)23-11-9-19-13-25-19)27-18-7-5-17(6-8-18)24-12-10-20-14-26-20/h4-5,14-25,30-31,33H,1-2,6-13,26-29,32H2,3H3;6-17,22-23,29,36-37H,2-5,18-21,24-28H2,1H3;1-8,19-20H,9-14H2. The summed E-state index contributed by atoms with van der Waals surface area (Å²) in [4.78, 5) is 82.9. The normalized spacial score (nSPS) is 16.1. The van der Waals surface area contributed by atoms with E-state index in [-0.39, 0.29) is 24.4 Å². The molecule has 4 heterocycles. The van der Waals surface area contributed by atoms with Crippen LogP contribution in [0.1, 0.15) is 180 Å². The van der Waals surface area contributed by atoms with Gasteiger partial charge in [0.05, 0.1) is 121 Å². The van der Waals surface area contributed by atoms with Crippen molar-refractivity contribution >= 4 is 29.8 Å². The third kappa shape index (κ3) is 32.7. The summed E-state index contributed by atoms with van der Waals surface area (Å²) in [5.41, 5.74) is 12.1. The van der Waals surface area contributed by atoms with E-state index in [9.17, 15) is 24.0 Å². The summed E-state index contributed by atoms with van der Waals surface area (Å²) < 4.78 is 93.1. The lowest BCUT2D eigenvalue weighted by atomic mass is 9.99. The quantitative estimate of drug-likeness (QED) is 0.00650. The third-order valence-corrected chi connectivity index (χ3v) is 22.8. The Kier molecular flexibility index (Phi) is 37.9. The highest BCUT2D eigenvalue weighted by Gasteiger charge is 2.31. The molecule has 6 atom stereocenters. The van der Waals surface area contributed by atoms with E-state index in [1.54, 1.807) is 97.1 Å². The van der Waals surface area contributed by atoms with Gasteiger partial charge < -0.3 is 90.3 Å². The second kappa shape index (κ2) is 52.1. The Hall–Kier alpha value is -12.9. The van der Waals surface area contributed by atoms with E-state index < -0.39 is 23.9 Å². The number of benzene rings is 10. The molecule has 0 amide bonds. The lowest BCUT2D eigenvalue weighted by Gasteiger charge is -2.11. The molecule has 6 unspecified atom stereocenters. The second-order valence-corrected chi connectivity index (χ2v) is 33.3. The number of carbonyl (C=O) groups excluding carboxylic acids is 5. The SMILES string of the molecule is C=CC(=O)OCCCCCCOc1ccc(COOc2ccc3c(c2)C(C)c2cc(OC(=O)c4ccc(OCCCCCCOC(=O)C=C)cc4)ccc2-3)cc1.CC1c2cc(OOCc3ccc(OCCCCOCC4CO4)cc3)ccc2-c2ccc(OC(=O)c3ccc(OCCCCOCC4CO4)cc3)cc21.O=C(Oc1ccc(OCCC2CO2)cc1)c1ccc(OCCC2CO2)cc1. The first-order valence-electron chi connectivity index (χ1n) is 46.6. The molecule has 135 heavy (non-hydrogen) atoms. The minimum Gasteiger partial charge on any atom is -0.494 e. The molecule has 26 heteroatoms. The van der Waals surface area contributed by atoms with Crippen LogP contribution in [0.5, 0.6) is 63.2 Å². The maximum Gasteiger partial charge on any atom is 0.343 e. The van der Waals surface area contributed by atoms with Gasteiger partial charge in [0.2, 0.25) is 0 Å². The van der Waals surface area contributed by atoms with E-state index >= 15 is 0 Å². The molecular formula is C109H118O26. The Balaban J connectivity index is 0.000000171. The molecule has 0 spiro atoms. The van der Waals surface area contributed by atoms with Crippen LogP contribution in [0, 0.1) is 0 Å². The number of ether oxygens (including phenoxy) is 17. The highest BCUT2D eigenvalue weighted by atomic mass is 17.2. The van der Waals surface area contributed by atoms with Crippen LogP contribution in [0.25, 0.3) is 22.3 Å². The van der Waals surface area contributed by atoms with Crippen molar-refractivity contribution in [3.05, 3.63) is 294 Å². The minimum atomic E-state index is -0.444. The van der Waals surface area contributed by atoms with Crippen molar-refractivity contribution in [2.75, 3.05) is 106 Å². The van der Waals surface area contributed by atoms with E-state index in [4.69, 9.17) is 100 Å². The van der Waals surface area contributed by atoms with Crippen LogP contribution in [0.3, 0.4) is 0 Å². The molecule has 0 aromatic heterocycles. The first kappa shape index (κ1) is 98.1. The molecule has 2 aliphatic carbocycles. The van der Waals surface area contributed by atoms with Gasteiger partial charge in [0, 0.05) is 50.0 Å². The summed E-state index contributed by atoms with van der Waals surface area (Å²) in [7, 11) is 0. The average molecular weight is 1840 g/mol. The van der Waals surface area contributed by atoms with E-state index in [1.165, 1.54) is 12.2 Å². The minimum absolute atomic E-state index is 0.0583. The van der Waals surface area contributed by atoms with Gasteiger partial charge in [0.25, 0.3) is 0 Å². The predicted molar refractivity (Wildman–Crippen MR) is 504 cm³/mol. The first-order valence-corrected chi connectivity index (χ1v) is 46.6. The van der Waals surface area contributed by atoms with Crippen LogP contribution in [-0.2, 0) is 70.5 Å². The monoisotopic (exact) mass is 1840 g/mol. The summed E-state index contributed by atoms with van der Waals surface area (Å²) in [6.07, 6.45) is 16.4. The summed E-state index contributed by atoms with van der Waals surface area (Å²) in [6.45, 7) is 22.1. The van der Waals surface area contributed by atoms with Crippen LogP contribution in [0.2, 0.25) is 0 Å². The number of fused-ring (bicyclic) bond motifs is 6. The molecule has 4 saturated heterocycles. The molecule has 4 fully saturated rings. The van der Waals surface area contributed by atoms with Gasteiger partial charge in [-0.05, 0) is 303 Å². The van der Waals surface area contributed by atoms with Crippen molar-refractivity contribution in [2.45, 2.75) is 153 Å². The molecule has 10 aromatic carbocycles. The number of hydrogen-bond acceptors (Lipinski definition) is 26. The Bertz CT molecular complexity index is 5430. The lowest BCUT2D eigenvalue weighted by Crippen LogP contribution is -2.09. The summed E-state index contributed by atoms with van der Waals surface area (Å²) >= 11 is 0. The van der Waals surface area contributed by atoms with Crippen molar-refractivity contribution < 1.29 is 124 Å². The van der Waals surface area contributed by atoms with Gasteiger partial charge in [-0.25, -0.2) is 24.0 Å². The number of carbonyl (C=O) groups is 5. The molecule has 0 N–H and O–H groups in total. The fraction of sp³-hybridized carbons (Fsp3) is 0.367. The molecular weight excluding hydrogens is 1730 g/mol. The predicted octanol–water partition coefficient (Wildman–Crippen LogP) is 20.8. The van der Waals surface area contributed by atoms with Gasteiger partial charge in [-0.3, -0.25) is 0 Å². The molecule has 16 rings (SSSR count). The van der Waals surface area contributed by atoms with Gasteiger partial charge in [0.1, 0.15) is 77.2 Å². The number of unbranched alkanes of at least 4 members (excludes halogenated alkanes) is 8. The fourth-order valence-corrected chi connectivity index (χ4v) is 14.8. The van der Waals surface area contributed by atoms with Crippen LogP contribution in [0.15, 0.2) is 244 Å². The molecule has 0 bridgehead atoms. The van der Waals surface area contributed by atoms with Gasteiger partial charge in [-0.15, -0.1) is 0 Å². The van der Waals surface area contributed by atoms with E-state index in [0.29, 0.717) is 161 Å². The third-order valence-electron chi connectivity index (χ3n) is 22.8. The van der Waals surface area contributed by atoms with E-state index in [2.05, 4.69) is 27.0 Å². The molecule has 10 aromatic rings. The molecule has 6 aliphatic rings. The van der Waals surface area contributed by atoms with Crippen molar-refractivity contribution in [3.8, 4) is 85.5 Å². The van der Waals surface area contributed by atoms with Crippen LogP contribution in [-0.4, -0.2) is 160 Å². The van der Waals surface area contributed by atoms with Crippen molar-refractivity contribution in [3.63, 3.8) is 0 Å². The molecule has 26 nitrogen and oxygen atoms in total. The summed E-state index contributed by atoms with van der Waals surface area (Å²) in [6, 6.07) is 66.9. The van der Waals surface area contributed by atoms with E-state index in [0.717, 1.165) is 202 Å². The number of epoxide rings is 4. The van der Waals surface area contributed by atoms with Gasteiger partial charge in [-0.2, -0.15) is 9.78 Å². The van der Waals surface area contributed by atoms with Gasteiger partial charge >= 0.3 is 29.8 Å². The average Bonchev–Trinajstić information content (AvgIpc) is 1.61. The van der Waals surface area contributed by atoms with Crippen LogP contribution in [0.4, 0.5) is 0 Å². The van der Waals surface area contributed by atoms with Crippen molar-refractivity contribution in [1.82, 2.24) is 0 Å². The van der Waals surface area contributed by atoms with Crippen molar-refractivity contribution in [2.24, 2.45) is 0 Å². The number of rotatable bonds is 56. The summed E-state index contributed by atoms with van der Waals surface area (Å²) in [5.74, 6) is 5.25. The van der Waals surface area contributed by atoms with Gasteiger partial charge in [0.15, 0.2) is 11.5 Å². The molecule has 0 radical (unpaired) electrons. The Morgan fingerprint density at radius 3 is 0.881 bits per heavy atom. The zero-order chi connectivity index (χ0) is 93.6. The highest BCUT2D eigenvalue weighted by molar-refractivity contribution is 5.93.